The van der Waals surface area contributed by atoms with Crippen LogP contribution in [0.5, 0.6) is 0 Å². The summed E-state index contributed by atoms with van der Waals surface area (Å²) in [6.07, 6.45) is 0. The van der Waals surface area contributed by atoms with E-state index in [4.69, 9.17) is 13.3 Å². The number of furan rings is 3. The third-order valence-corrected chi connectivity index (χ3v) is 17.3. The molecule has 5 nitrogen and oxygen atoms in total. The summed E-state index contributed by atoms with van der Waals surface area (Å²) in [7, 11) is -3.10. The van der Waals surface area contributed by atoms with E-state index in [2.05, 4.69) is 213 Å². The summed E-state index contributed by atoms with van der Waals surface area (Å²) in [4.78, 5) is 4.67. The van der Waals surface area contributed by atoms with Crippen molar-refractivity contribution in [3.8, 4) is 0 Å². The van der Waals surface area contributed by atoms with Gasteiger partial charge in [-0.3, -0.25) is 0 Å². The first-order valence-electron chi connectivity index (χ1n) is 22.5. The molecule has 9 aromatic carbocycles. The van der Waals surface area contributed by atoms with Gasteiger partial charge >= 0.3 is 0 Å². The van der Waals surface area contributed by atoms with Gasteiger partial charge < -0.3 is 23.1 Å². The first-order valence-corrected chi connectivity index (χ1v) is 29.5. The van der Waals surface area contributed by atoms with Crippen LogP contribution < -0.4 is 20.2 Å². The summed E-state index contributed by atoms with van der Waals surface area (Å²) < 4.78 is 20.5. The standard InChI is InChI=1S/C58H48N2O3Si2/c1-64(2,3)40-30-25-37(26-31-40)59(49-21-13-19-46-43-16-9-11-23-52(43)62-57(46)49)39-29-34-48-54(35-39)61-55-36-51(42-15-7-8-18-45(42)56(48)55)60(38-27-32-41(33-28-38)65(4,5)6)50-22-14-20-47-44-17-10-12-24-53(44)63-58(47)50/h7-36H,1-6H3. The van der Waals surface area contributed by atoms with Crippen molar-refractivity contribution in [3.05, 3.63) is 182 Å². The maximum atomic E-state index is 7.10. The van der Waals surface area contributed by atoms with Crippen molar-refractivity contribution in [2.45, 2.75) is 39.3 Å². The van der Waals surface area contributed by atoms with Crippen LogP contribution in [-0.2, 0) is 0 Å². The van der Waals surface area contributed by atoms with Crippen LogP contribution in [0.25, 0.3) is 76.6 Å². The van der Waals surface area contributed by atoms with Crippen LogP contribution in [0, 0.1) is 0 Å². The van der Waals surface area contributed by atoms with Crippen molar-refractivity contribution in [1.82, 2.24) is 0 Å². The molecule has 0 aliphatic carbocycles. The molecule has 0 amide bonds. The van der Waals surface area contributed by atoms with E-state index in [0.717, 1.165) is 111 Å². The third-order valence-electron chi connectivity index (χ3n) is 13.2. The average molecular weight is 877 g/mol. The van der Waals surface area contributed by atoms with Crippen molar-refractivity contribution >= 4 is 137 Å². The Labute approximate surface area is 379 Å². The van der Waals surface area contributed by atoms with E-state index >= 15 is 0 Å². The van der Waals surface area contributed by atoms with E-state index in [-0.39, 0.29) is 0 Å². The maximum Gasteiger partial charge on any atom is 0.159 e. The summed E-state index contributed by atoms with van der Waals surface area (Å²) in [5.74, 6) is 0. The normalized spacial score (nSPS) is 12.5. The zero-order valence-electron chi connectivity index (χ0n) is 37.4. The molecule has 0 unspecified atom stereocenters. The number of rotatable bonds is 8. The van der Waals surface area contributed by atoms with Crippen molar-refractivity contribution in [1.29, 1.82) is 0 Å². The zero-order chi connectivity index (χ0) is 44.2. The summed E-state index contributed by atoms with van der Waals surface area (Å²) in [5.41, 5.74) is 11.1. The molecule has 0 atom stereocenters. The molecule has 316 valence electrons. The maximum absolute atomic E-state index is 7.10. The molecule has 0 aliphatic rings. The van der Waals surface area contributed by atoms with Gasteiger partial charge in [-0.25, -0.2) is 0 Å². The van der Waals surface area contributed by atoms with Gasteiger partial charge in [-0.05, 0) is 66.0 Å². The Balaban J connectivity index is 1.08. The Bertz CT molecular complexity index is 3810. The molecule has 7 heteroatoms. The molecule has 0 saturated heterocycles. The summed E-state index contributed by atoms with van der Waals surface area (Å²) in [6.45, 7) is 14.4. The highest BCUT2D eigenvalue weighted by Gasteiger charge is 2.26. The number of hydrogen-bond donors (Lipinski definition) is 0. The van der Waals surface area contributed by atoms with E-state index in [9.17, 15) is 0 Å². The zero-order valence-corrected chi connectivity index (χ0v) is 39.4. The minimum atomic E-state index is -1.56. The lowest BCUT2D eigenvalue weighted by Crippen LogP contribution is -2.37. The first kappa shape index (κ1) is 39.3. The van der Waals surface area contributed by atoms with Gasteiger partial charge in [0.05, 0.1) is 38.9 Å². The second kappa shape index (κ2) is 14.6. The molecule has 12 aromatic rings. The minimum Gasteiger partial charge on any atom is -0.456 e. The van der Waals surface area contributed by atoms with Gasteiger partial charge in [0.25, 0.3) is 0 Å². The van der Waals surface area contributed by atoms with Gasteiger partial charge in [0.1, 0.15) is 22.3 Å². The quantitative estimate of drug-likeness (QED) is 0.142. The Hall–Kier alpha value is -7.33. The van der Waals surface area contributed by atoms with Gasteiger partial charge in [-0.2, -0.15) is 0 Å². The van der Waals surface area contributed by atoms with E-state index in [1.807, 2.05) is 18.2 Å². The van der Waals surface area contributed by atoms with Crippen LogP contribution in [0.2, 0.25) is 39.3 Å². The van der Waals surface area contributed by atoms with Crippen LogP contribution >= 0.6 is 0 Å². The highest BCUT2D eigenvalue weighted by atomic mass is 28.3. The number of hydrogen-bond acceptors (Lipinski definition) is 5. The first-order chi connectivity index (χ1) is 31.5. The fourth-order valence-corrected chi connectivity index (χ4v) is 12.1. The number of fused-ring (bicyclic) bond motifs is 11. The predicted molar refractivity (Wildman–Crippen MR) is 281 cm³/mol. The van der Waals surface area contributed by atoms with E-state index in [1.54, 1.807) is 0 Å². The molecule has 0 fully saturated rings. The van der Waals surface area contributed by atoms with Crippen molar-refractivity contribution in [2.24, 2.45) is 0 Å². The second-order valence-electron chi connectivity index (χ2n) is 19.4. The lowest BCUT2D eigenvalue weighted by atomic mass is 10.00. The topological polar surface area (TPSA) is 45.9 Å². The Morgan fingerprint density at radius 2 is 0.769 bits per heavy atom. The van der Waals surface area contributed by atoms with E-state index in [1.165, 1.54) is 10.4 Å². The molecule has 0 bridgehead atoms. The Morgan fingerprint density at radius 1 is 0.308 bits per heavy atom. The third kappa shape index (κ3) is 6.40. The van der Waals surface area contributed by atoms with Crippen LogP contribution in [-0.4, -0.2) is 16.1 Å². The van der Waals surface area contributed by atoms with Gasteiger partial charge in [0.15, 0.2) is 11.2 Å². The van der Waals surface area contributed by atoms with Gasteiger partial charge in [0.2, 0.25) is 0 Å². The lowest BCUT2D eigenvalue weighted by molar-refractivity contribution is 0.667. The molecule has 3 aromatic heterocycles. The number of anilines is 6. The number of nitrogens with zero attached hydrogens (tertiary/aromatic N) is 2. The number of benzene rings is 9. The Morgan fingerprint density at radius 3 is 1.32 bits per heavy atom. The predicted octanol–water partition coefficient (Wildman–Crippen LogP) is 16.6. The van der Waals surface area contributed by atoms with Crippen LogP contribution in [0.15, 0.2) is 195 Å². The fraction of sp³-hybridized carbons (Fsp3) is 0.103. The molecule has 3 heterocycles. The molecule has 12 rings (SSSR count). The minimum absolute atomic E-state index is 0.811. The summed E-state index contributed by atoms with van der Waals surface area (Å²) in [6, 6.07) is 65.4. The van der Waals surface area contributed by atoms with Crippen molar-refractivity contribution < 1.29 is 13.3 Å². The van der Waals surface area contributed by atoms with E-state index in [0.29, 0.717) is 0 Å². The van der Waals surface area contributed by atoms with Crippen molar-refractivity contribution in [2.75, 3.05) is 9.80 Å². The number of para-hydroxylation sites is 4. The highest BCUT2D eigenvalue weighted by Crippen LogP contribution is 2.49. The fourth-order valence-electron chi connectivity index (χ4n) is 9.81. The monoisotopic (exact) mass is 876 g/mol. The van der Waals surface area contributed by atoms with Crippen LogP contribution in [0.3, 0.4) is 0 Å². The highest BCUT2D eigenvalue weighted by molar-refractivity contribution is 6.89. The van der Waals surface area contributed by atoms with Gasteiger partial charge in [0, 0.05) is 61.2 Å². The SMILES string of the molecule is C[Si](C)(C)c1ccc(N(c2ccc3c(c2)oc2cc(N(c4ccc([Si](C)(C)C)cc4)c4cccc5c4oc4ccccc45)c4ccccc4c23)c2cccc3c2oc2ccccc23)cc1. The van der Waals surface area contributed by atoms with Gasteiger partial charge in [-0.1, -0.05) is 159 Å². The molecule has 65 heavy (non-hydrogen) atoms. The molecule has 0 radical (unpaired) electrons. The average Bonchev–Trinajstić information content (AvgIpc) is 4.01. The largest absolute Gasteiger partial charge is 0.456 e. The van der Waals surface area contributed by atoms with Gasteiger partial charge in [-0.15, -0.1) is 0 Å². The summed E-state index contributed by atoms with van der Waals surface area (Å²) >= 11 is 0. The van der Waals surface area contributed by atoms with Crippen LogP contribution in [0.1, 0.15) is 0 Å². The Kier molecular flexibility index (Phi) is 8.83. The molecule has 0 saturated carbocycles. The van der Waals surface area contributed by atoms with Crippen LogP contribution in [0.4, 0.5) is 34.1 Å². The lowest BCUT2D eigenvalue weighted by Gasteiger charge is -2.28. The second-order valence-corrected chi connectivity index (χ2v) is 29.5. The molecule has 0 aliphatic heterocycles. The smallest absolute Gasteiger partial charge is 0.159 e. The van der Waals surface area contributed by atoms with Crippen molar-refractivity contribution in [3.63, 3.8) is 0 Å². The molecule has 0 spiro atoms. The molecular weight excluding hydrogens is 829 g/mol. The molecule has 0 N–H and O–H groups in total. The van der Waals surface area contributed by atoms with E-state index < -0.39 is 16.1 Å². The summed E-state index contributed by atoms with van der Waals surface area (Å²) in [5, 5.41) is 11.6. The molecular formula is C58H48N2O3Si2.